The minimum Gasteiger partial charge on any atom is -0.850 e. The van der Waals surface area contributed by atoms with Crippen molar-refractivity contribution in [2.75, 3.05) is 56.2 Å². The Hall–Kier alpha value is -2.06. The molecule has 3 fully saturated rings. The Morgan fingerprint density at radius 1 is 1.10 bits per heavy atom. The molecule has 282 valence electrons. The number of amides is 1. The fourth-order valence-electron chi connectivity index (χ4n) is 8.21. The predicted molar refractivity (Wildman–Crippen MR) is 192 cm³/mol. The van der Waals surface area contributed by atoms with E-state index in [4.69, 9.17) is 28.9 Å². The average Bonchev–Trinajstić information content (AvgIpc) is 3.41. The zero-order chi connectivity index (χ0) is 36.6. The van der Waals surface area contributed by atoms with Crippen LogP contribution in [0.25, 0.3) is 0 Å². The minimum absolute atomic E-state index is 0. The van der Waals surface area contributed by atoms with E-state index in [1.54, 1.807) is 20.8 Å². The second-order valence-electron chi connectivity index (χ2n) is 17.0. The molecule has 4 atom stereocenters. The molecule has 1 unspecified atom stereocenters. The van der Waals surface area contributed by atoms with E-state index in [0.717, 1.165) is 81.0 Å². The van der Waals surface area contributed by atoms with Crippen LogP contribution in [0.5, 0.6) is 6.01 Å². The van der Waals surface area contributed by atoms with Crippen molar-refractivity contribution in [3.63, 3.8) is 0 Å². The number of nitrogens with one attached hydrogen (secondary N) is 1. The Morgan fingerprint density at radius 3 is 2.62 bits per heavy atom. The molecular weight excluding hydrogens is 676 g/mol. The summed E-state index contributed by atoms with van der Waals surface area (Å²) in [6.45, 7) is 17.8. The molecule has 2 aromatic rings. The molecule has 13 heteroatoms. The summed E-state index contributed by atoms with van der Waals surface area (Å²) in [6, 6.07) is 6.45. The van der Waals surface area contributed by atoms with Crippen LogP contribution in [-0.2, 0) is 32.8 Å². The van der Waals surface area contributed by atoms with Gasteiger partial charge in [0.2, 0.25) is 0 Å². The summed E-state index contributed by atoms with van der Waals surface area (Å²) < 4.78 is 39.1. The van der Waals surface area contributed by atoms with Crippen LogP contribution >= 0.6 is 0 Å². The van der Waals surface area contributed by atoms with E-state index in [0.29, 0.717) is 56.8 Å². The number of carbonyl (C=O) groups is 1. The molecule has 3 saturated heterocycles. The van der Waals surface area contributed by atoms with Crippen molar-refractivity contribution in [3.8, 4) is 6.01 Å². The quantitative estimate of drug-likeness (QED) is 0.460. The van der Waals surface area contributed by atoms with Crippen molar-refractivity contribution >= 4 is 17.6 Å². The van der Waals surface area contributed by atoms with Gasteiger partial charge in [-0.2, -0.15) is 9.97 Å². The Balaban J connectivity index is 0.000000817. The van der Waals surface area contributed by atoms with Crippen molar-refractivity contribution in [2.45, 2.75) is 134 Å². The third-order valence-corrected chi connectivity index (χ3v) is 10.5. The summed E-state index contributed by atoms with van der Waals surface area (Å²) in [6.07, 6.45) is 4.48. The van der Waals surface area contributed by atoms with Gasteiger partial charge in [-0.05, 0) is 88.6 Å². The first-order valence-corrected chi connectivity index (χ1v) is 18.8. The molecule has 52 heavy (non-hydrogen) atoms. The van der Waals surface area contributed by atoms with E-state index in [1.165, 1.54) is 5.56 Å². The third kappa shape index (κ3) is 9.78. The SMILES string of the molecule is CC(C)(C)[O-].C[C@H]1CCC2(Cc3nc(OC[C@@]45CCCN4C[C@H](F)C5)nc(N4CCCOCC4)c3CO2)c2cc(NC(=O)OC(C)(C)C)ccc21.[Na+]. The molecule has 1 N–H and O–H groups in total. The summed E-state index contributed by atoms with van der Waals surface area (Å²) >= 11 is 0. The number of rotatable bonds is 5. The number of aromatic nitrogens is 2. The van der Waals surface area contributed by atoms with E-state index < -0.39 is 29.1 Å². The van der Waals surface area contributed by atoms with Crippen LogP contribution in [0.15, 0.2) is 18.2 Å². The van der Waals surface area contributed by atoms with Crippen LogP contribution in [0.4, 0.5) is 20.7 Å². The molecule has 0 bridgehead atoms. The summed E-state index contributed by atoms with van der Waals surface area (Å²) in [5, 5.41) is 13.0. The first-order chi connectivity index (χ1) is 24.0. The van der Waals surface area contributed by atoms with Gasteiger partial charge in [0, 0.05) is 50.3 Å². The molecule has 7 rings (SSSR count). The fraction of sp³-hybridized carbons (Fsp3) is 0.718. The van der Waals surface area contributed by atoms with Gasteiger partial charge in [-0.3, -0.25) is 10.2 Å². The topological polar surface area (TPSA) is 121 Å². The number of carbonyl (C=O) groups excluding carboxylic acids is 1. The van der Waals surface area contributed by atoms with Crippen LogP contribution in [0.1, 0.15) is 115 Å². The van der Waals surface area contributed by atoms with Gasteiger partial charge >= 0.3 is 41.7 Å². The largest absolute Gasteiger partial charge is 1.00 e. The van der Waals surface area contributed by atoms with Gasteiger partial charge in [0.05, 0.1) is 30.0 Å². The monoisotopic (exact) mass is 733 g/mol. The number of hydrogen-bond acceptors (Lipinski definition) is 10. The Morgan fingerprint density at radius 2 is 1.87 bits per heavy atom. The number of fused-ring (bicyclic) bond motifs is 4. The fourth-order valence-corrected chi connectivity index (χ4v) is 8.21. The third-order valence-electron chi connectivity index (χ3n) is 10.5. The number of anilines is 2. The van der Waals surface area contributed by atoms with Crippen LogP contribution in [-0.4, -0.2) is 89.9 Å². The van der Waals surface area contributed by atoms with Gasteiger partial charge in [-0.1, -0.05) is 33.8 Å². The van der Waals surface area contributed by atoms with Gasteiger partial charge in [0.25, 0.3) is 0 Å². The number of benzene rings is 1. The van der Waals surface area contributed by atoms with Gasteiger partial charge in [0.1, 0.15) is 24.2 Å². The summed E-state index contributed by atoms with van der Waals surface area (Å²) in [4.78, 5) is 27.2. The second-order valence-corrected chi connectivity index (χ2v) is 17.0. The molecule has 0 radical (unpaired) electrons. The second kappa shape index (κ2) is 16.4. The molecule has 1 amide bonds. The maximum Gasteiger partial charge on any atom is 1.00 e. The molecule has 5 heterocycles. The van der Waals surface area contributed by atoms with Crippen LogP contribution in [0.2, 0.25) is 0 Å². The van der Waals surface area contributed by atoms with Gasteiger partial charge in [-0.25, -0.2) is 9.18 Å². The molecule has 4 aliphatic heterocycles. The molecule has 11 nitrogen and oxygen atoms in total. The molecule has 1 aromatic heterocycles. The number of hydrogen-bond donors (Lipinski definition) is 1. The van der Waals surface area contributed by atoms with Crippen LogP contribution in [0, 0.1) is 0 Å². The summed E-state index contributed by atoms with van der Waals surface area (Å²) in [5.74, 6) is 1.21. The molecule has 5 aliphatic rings. The van der Waals surface area contributed by atoms with E-state index in [-0.39, 0.29) is 35.1 Å². The zero-order valence-electron chi connectivity index (χ0n) is 32.6. The van der Waals surface area contributed by atoms with Gasteiger partial charge < -0.3 is 29.0 Å². The van der Waals surface area contributed by atoms with Gasteiger partial charge in [0.15, 0.2) is 0 Å². The first-order valence-electron chi connectivity index (χ1n) is 18.8. The molecular formula is C39H57FN5NaO6. The number of nitrogens with zero attached hydrogens (tertiary/aromatic N) is 4. The van der Waals surface area contributed by atoms with E-state index >= 15 is 0 Å². The van der Waals surface area contributed by atoms with Crippen molar-refractivity contribution in [1.29, 1.82) is 0 Å². The molecule has 1 spiro atoms. The number of alkyl halides is 1. The maximum atomic E-state index is 14.5. The average molecular weight is 734 g/mol. The zero-order valence-corrected chi connectivity index (χ0v) is 34.6. The molecule has 1 aliphatic carbocycles. The van der Waals surface area contributed by atoms with E-state index in [9.17, 15) is 14.3 Å². The van der Waals surface area contributed by atoms with Crippen LogP contribution in [0.3, 0.4) is 0 Å². The van der Waals surface area contributed by atoms with Crippen LogP contribution < -0.4 is 49.6 Å². The normalized spacial score (nSPS) is 27.3. The standard InChI is InChI=1S/C35H48FN5O5.C4H9O.Na/c1-23-9-11-35(28-17-25(7-8-26(23)28)37-32(42)46-33(2,3)4)19-29-27(21-45-35)30(40-12-6-15-43-16-14-40)39-31(38-29)44-22-34-10-5-13-41(34)20-24(36)18-34;1-4(2,3)5;/h7-8,17,23-24H,5-6,9-16,18-22H2,1-4H3,(H,37,42);1-3H3;/q;-1;+1/t23-,24+,34-,35?;;/m0../s1. The summed E-state index contributed by atoms with van der Waals surface area (Å²) in [5.41, 5.74) is 2.68. The van der Waals surface area contributed by atoms with Crippen molar-refractivity contribution in [3.05, 3.63) is 40.6 Å². The van der Waals surface area contributed by atoms with Gasteiger partial charge in [-0.15, -0.1) is 5.60 Å². The smallest absolute Gasteiger partial charge is 0.850 e. The van der Waals surface area contributed by atoms with Crippen molar-refractivity contribution < 1.29 is 62.8 Å². The molecule has 0 saturated carbocycles. The maximum absolute atomic E-state index is 14.5. The predicted octanol–water partition coefficient (Wildman–Crippen LogP) is 3.02. The number of halogens is 1. The van der Waals surface area contributed by atoms with Crippen molar-refractivity contribution in [1.82, 2.24) is 14.9 Å². The summed E-state index contributed by atoms with van der Waals surface area (Å²) in [7, 11) is 0. The van der Waals surface area contributed by atoms with E-state index in [1.807, 2.05) is 32.9 Å². The Labute approximate surface area is 331 Å². The Bertz CT molecular complexity index is 1550. The minimum atomic E-state index is -0.818. The first kappa shape index (κ1) is 41.1. The van der Waals surface area contributed by atoms with E-state index in [2.05, 4.69) is 28.1 Å². The van der Waals surface area contributed by atoms with Crippen molar-refractivity contribution in [2.24, 2.45) is 0 Å². The Kier molecular flexibility index (Phi) is 12.9. The molecule has 1 aromatic carbocycles. The number of ether oxygens (including phenoxy) is 4.